The maximum Gasteiger partial charge on any atom is 0.255 e. The molecule has 4 nitrogen and oxygen atoms in total. The molecule has 0 radical (unpaired) electrons. The maximum atomic E-state index is 12.1. The molecule has 1 unspecified atom stereocenters. The smallest absolute Gasteiger partial charge is 0.255 e. The zero-order chi connectivity index (χ0) is 14.5. The molecule has 0 bridgehead atoms. The Balaban J connectivity index is 2.15. The zero-order valence-electron chi connectivity index (χ0n) is 11.5. The van der Waals surface area contributed by atoms with Crippen LogP contribution in [0.1, 0.15) is 23.7 Å². The number of hydrogen-bond acceptors (Lipinski definition) is 3. The van der Waals surface area contributed by atoms with E-state index in [-0.39, 0.29) is 29.7 Å². The number of fused-ring (bicyclic) bond motifs is 1. The topological polar surface area (TPSA) is 69.6 Å². The second-order valence-electron chi connectivity index (χ2n) is 5.04. The first kappa shape index (κ1) is 14.3. The fourth-order valence-corrected chi connectivity index (χ4v) is 2.09. The Morgan fingerprint density at radius 1 is 1.25 bits per heavy atom. The minimum atomic E-state index is -0.293. The summed E-state index contributed by atoms with van der Waals surface area (Å²) in [7, 11) is 0. The first-order valence-electron chi connectivity index (χ1n) is 6.72. The van der Waals surface area contributed by atoms with Crippen LogP contribution >= 0.6 is 0 Å². The Bertz CT molecular complexity index is 610. The Labute approximate surface area is 118 Å². The summed E-state index contributed by atoms with van der Waals surface area (Å²) in [6, 6.07) is 10.9. The average Bonchev–Trinajstić information content (AvgIpc) is 2.44. The highest BCUT2D eigenvalue weighted by Gasteiger charge is 2.13. The van der Waals surface area contributed by atoms with Gasteiger partial charge in [0.2, 0.25) is 0 Å². The summed E-state index contributed by atoms with van der Waals surface area (Å²) in [5, 5.41) is 23.4. The van der Waals surface area contributed by atoms with Gasteiger partial charge in [0.25, 0.3) is 5.91 Å². The van der Waals surface area contributed by atoms with Gasteiger partial charge in [-0.15, -0.1) is 0 Å². The van der Waals surface area contributed by atoms with Crippen LogP contribution in [0.4, 0.5) is 0 Å². The van der Waals surface area contributed by atoms with Gasteiger partial charge in [-0.3, -0.25) is 4.79 Å². The minimum absolute atomic E-state index is 0.0176. The Kier molecular flexibility index (Phi) is 4.58. The van der Waals surface area contributed by atoms with Crippen LogP contribution in [0.5, 0.6) is 5.75 Å². The highest BCUT2D eigenvalue weighted by Crippen LogP contribution is 2.24. The normalized spacial score (nSPS) is 12.3. The van der Waals surface area contributed by atoms with E-state index < -0.39 is 0 Å². The van der Waals surface area contributed by atoms with Crippen molar-refractivity contribution in [3.05, 3.63) is 42.0 Å². The summed E-state index contributed by atoms with van der Waals surface area (Å²) in [6.45, 7) is 2.54. The molecule has 0 saturated heterocycles. The molecule has 2 aromatic carbocycles. The number of hydrogen-bond donors (Lipinski definition) is 3. The molecule has 0 aliphatic rings. The van der Waals surface area contributed by atoms with Crippen molar-refractivity contribution in [2.45, 2.75) is 13.3 Å². The number of carbonyl (C=O) groups excluding carboxylic acids is 1. The Morgan fingerprint density at radius 2 is 1.90 bits per heavy atom. The largest absolute Gasteiger partial charge is 0.507 e. The lowest BCUT2D eigenvalue weighted by Crippen LogP contribution is -2.28. The number of aromatic hydroxyl groups is 1. The number of nitrogens with one attached hydrogen (secondary N) is 1. The van der Waals surface area contributed by atoms with Crippen molar-refractivity contribution in [1.82, 2.24) is 5.32 Å². The third-order valence-electron chi connectivity index (χ3n) is 3.34. The molecule has 4 heteroatoms. The van der Waals surface area contributed by atoms with Crippen LogP contribution < -0.4 is 5.32 Å². The summed E-state index contributed by atoms with van der Waals surface area (Å²) in [5.41, 5.74) is 0.278. The van der Waals surface area contributed by atoms with Gasteiger partial charge in [-0.1, -0.05) is 31.2 Å². The van der Waals surface area contributed by atoms with Crippen molar-refractivity contribution in [1.29, 1.82) is 0 Å². The first-order chi connectivity index (χ1) is 9.61. The number of rotatable bonds is 5. The summed E-state index contributed by atoms with van der Waals surface area (Å²) < 4.78 is 0. The van der Waals surface area contributed by atoms with E-state index in [0.717, 1.165) is 10.8 Å². The Hall–Kier alpha value is -2.07. The Morgan fingerprint density at radius 3 is 2.55 bits per heavy atom. The first-order valence-corrected chi connectivity index (χ1v) is 6.72. The molecule has 0 heterocycles. The van der Waals surface area contributed by atoms with Gasteiger partial charge in [0.1, 0.15) is 5.75 Å². The number of aliphatic hydroxyl groups is 1. The van der Waals surface area contributed by atoms with Gasteiger partial charge in [-0.2, -0.15) is 0 Å². The van der Waals surface area contributed by atoms with Gasteiger partial charge >= 0.3 is 0 Å². The number of phenols is 1. The summed E-state index contributed by atoms with van der Waals surface area (Å²) >= 11 is 0. The zero-order valence-corrected chi connectivity index (χ0v) is 11.5. The predicted molar refractivity (Wildman–Crippen MR) is 78.8 cm³/mol. The molecule has 1 atom stereocenters. The van der Waals surface area contributed by atoms with Crippen LogP contribution in [-0.4, -0.2) is 29.3 Å². The highest BCUT2D eigenvalue weighted by molar-refractivity contribution is 6.01. The second-order valence-corrected chi connectivity index (χ2v) is 5.04. The van der Waals surface area contributed by atoms with Gasteiger partial charge in [-0.25, -0.2) is 0 Å². The minimum Gasteiger partial charge on any atom is -0.507 e. The van der Waals surface area contributed by atoms with Crippen LogP contribution in [-0.2, 0) is 0 Å². The molecule has 1 amide bonds. The fraction of sp³-hybridized carbons (Fsp3) is 0.312. The lowest BCUT2D eigenvalue weighted by atomic mass is 10.0. The molecule has 0 fully saturated rings. The van der Waals surface area contributed by atoms with Gasteiger partial charge in [0.15, 0.2) is 0 Å². The second kappa shape index (κ2) is 6.39. The monoisotopic (exact) mass is 273 g/mol. The molecule has 20 heavy (non-hydrogen) atoms. The molecule has 0 saturated carbocycles. The quantitative estimate of drug-likeness (QED) is 0.783. The number of amides is 1. The van der Waals surface area contributed by atoms with Crippen LogP contribution in [0.2, 0.25) is 0 Å². The standard InChI is InChI=1S/C16H19NO3/c1-11(6-7-18)10-17-16(20)14-8-12-4-2-3-5-13(12)9-15(14)19/h2-5,8-9,11,18-19H,6-7,10H2,1H3,(H,17,20). The average molecular weight is 273 g/mol. The summed E-state index contributed by atoms with van der Waals surface area (Å²) in [5.74, 6) is -0.111. The van der Waals surface area contributed by atoms with E-state index in [2.05, 4.69) is 5.32 Å². The SMILES string of the molecule is CC(CCO)CNC(=O)c1cc2ccccc2cc1O. The lowest BCUT2D eigenvalue weighted by Gasteiger charge is -2.12. The number of phenolic OH excluding ortho intramolecular Hbond substituents is 1. The summed E-state index contributed by atoms with van der Waals surface area (Å²) in [6.07, 6.45) is 0.643. The van der Waals surface area contributed by atoms with Crippen LogP contribution in [0.25, 0.3) is 10.8 Å². The molecular weight excluding hydrogens is 254 g/mol. The molecule has 2 rings (SSSR count). The van der Waals surface area contributed by atoms with Crippen molar-refractivity contribution in [3.8, 4) is 5.75 Å². The van der Waals surface area contributed by atoms with Crippen molar-refractivity contribution in [3.63, 3.8) is 0 Å². The molecule has 0 aliphatic carbocycles. The van der Waals surface area contributed by atoms with Crippen molar-refractivity contribution in [2.75, 3.05) is 13.2 Å². The number of aliphatic hydroxyl groups excluding tert-OH is 1. The molecule has 2 aromatic rings. The van der Waals surface area contributed by atoms with E-state index >= 15 is 0 Å². The van der Waals surface area contributed by atoms with E-state index in [4.69, 9.17) is 5.11 Å². The van der Waals surface area contributed by atoms with E-state index in [1.165, 1.54) is 0 Å². The van der Waals surface area contributed by atoms with Crippen LogP contribution in [0.15, 0.2) is 36.4 Å². The van der Waals surface area contributed by atoms with Gasteiger partial charge < -0.3 is 15.5 Å². The third kappa shape index (κ3) is 3.27. The maximum absolute atomic E-state index is 12.1. The summed E-state index contributed by atoms with van der Waals surface area (Å²) in [4.78, 5) is 12.1. The van der Waals surface area contributed by atoms with Gasteiger partial charge in [0.05, 0.1) is 5.56 Å². The number of benzene rings is 2. The molecular formula is C16H19NO3. The molecule has 0 aliphatic heterocycles. The van der Waals surface area contributed by atoms with Crippen LogP contribution in [0, 0.1) is 5.92 Å². The third-order valence-corrected chi connectivity index (χ3v) is 3.34. The lowest BCUT2D eigenvalue weighted by molar-refractivity contribution is 0.0943. The van der Waals surface area contributed by atoms with E-state index in [1.54, 1.807) is 12.1 Å². The van der Waals surface area contributed by atoms with Crippen molar-refractivity contribution < 1.29 is 15.0 Å². The van der Waals surface area contributed by atoms with Gasteiger partial charge in [-0.05, 0) is 35.2 Å². The van der Waals surface area contributed by atoms with Crippen molar-refractivity contribution >= 4 is 16.7 Å². The van der Waals surface area contributed by atoms with E-state index in [0.29, 0.717) is 13.0 Å². The molecule has 3 N–H and O–H groups in total. The predicted octanol–water partition coefficient (Wildman–Crippen LogP) is 2.29. The van der Waals surface area contributed by atoms with E-state index in [1.807, 2.05) is 31.2 Å². The van der Waals surface area contributed by atoms with Gasteiger partial charge in [0, 0.05) is 13.2 Å². The number of carbonyl (C=O) groups is 1. The fourth-order valence-electron chi connectivity index (χ4n) is 2.09. The van der Waals surface area contributed by atoms with Crippen molar-refractivity contribution in [2.24, 2.45) is 5.92 Å². The van der Waals surface area contributed by atoms with E-state index in [9.17, 15) is 9.90 Å². The van der Waals surface area contributed by atoms with Crippen LogP contribution in [0.3, 0.4) is 0 Å². The molecule has 106 valence electrons. The highest BCUT2D eigenvalue weighted by atomic mass is 16.3. The molecule has 0 aromatic heterocycles. The molecule has 0 spiro atoms.